The van der Waals surface area contributed by atoms with Gasteiger partial charge in [-0.05, 0) is 38.1 Å². The van der Waals surface area contributed by atoms with Crippen molar-refractivity contribution in [2.24, 2.45) is 0 Å². The maximum atomic E-state index is 13.2. The molecule has 1 aromatic carbocycles. The molecule has 1 saturated heterocycles. The van der Waals surface area contributed by atoms with Crippen LogP contribution < -0.4 is 5.32 Å². The molecule has 0 aliphatic carbocycles. The molecule has 7 nitrogen and oxygen atoms in total. The Balaban J connectivity index is 1.89. The molecular weight excluding hydrogens is 373 g/mol. The fourth-order valence-corrected chi connectivity index (χ4v) is 4.89. The van der Waals surface area contributed by atoms with Crippen molar-refractivity contribution in [1.29, 1.82) is 0 Å². The topological polar surface area (TPSA) is 86.8 Å². The normalized spacial score (nSPS) is 18.4. The van der Waals surface area contributed by atoms with E-state index in [2.05, 4.69) is 5.32 Å². The van der Waals surface area contributed by atoms with E-state index in [9.17, 15) is 22.4 Å². The van der Waals surface area contributed by atoms with E-state index < -0.39 is 15.7 Å². The lowest BCUT2D eigenvalue weighted by Gasteiger charge is -2.29. The minimum absolute atomic E-state index is 0.00249. The van der Waals surface area contributed by atoms with Crippen LogP contribution in [0.15, 0.2) is 24.3 Å². The number of carbonyl (C=O) groups is 2. The zero-order valence-electron chi connectivity index (χ0n) is 15.7. The Hall–Kier alpha value is -2.00. The molecule has 1 aliphatic heterocycles. The number of likely N-dealkylation sites (N-methyl/N-ethyl adjacent to an activating group) is 1. The summed E-state index contributed by atoms with van der Waals surface area (Å²) in [6.45, 7) is 2.39. The Kier molecular flexibility index (Phi) is 7.32. The quantitative estimate of drug-likeness (QED) is 0.708. The number of nitrogens with one attached hydrogen (secondary N) is 1. The van der Waals surface area contributed by atoms with Crippen LogP contribution in [-0.4, -0.2) is 74.3 Å². The SMILES string of the molecule is CCCN(C(=O)CN(C)CC(=O)Nc1cccc(F)c1)[C@H]1CCS(=O)(=O)C1. The molecule has 27 heavy (non-hydrogen) atoms. The van der Waals surface area contributed by atoms with Crippen LogP contribution in [-0.2, 0) is 19.4 Å². The molecule has 0 bridgehead atoms. The van der Waals surface area contributed by atoms with Crippen molar-refractivity contribution in [3.05, 3.63) is 30.1 Å². The lowest BCUT2D eigenvalue weighted by molar-refractivity contribution is -0.134. The van der Waals surface area contributed by atoms with Crippen LogP contribution in [0.3, 0.4) is 0 Å². The molecule has 2 rings (SSSR count). The molecule has 0 spiro atoms. The van der Waals surface area contributed by atoms with Gasteiger partial charge in [-0.2, -0.15) is 0 Å². The van der Waals surface area contributed by atoms with Gasteiger partial charge in [0.2, 0.25) is 11.8 Å². The van der Waals surface area contributed by atoms with E-state index in [-0.39, 0.29) is 42.5 Å². The maximum Gasteiger partial charge on any atom is 0.238 e. The average Bonchev–Trinajstić information content (AvgIpc) is 2.91. The predicted octanol–water partition coefficient (Wildman–Crippen LogP) is 1.12. The molecule has 9 heteroatoms. The Morgan fingerprint density at radius 2 is 2.04 bits per heavy atom. The highest BCUT2D eigenvalue weighted by Crippen LogP contribution is 2.18. The minimum atomic E-state index is -3.08. The van der Waals surface area contributed by atoms with Gasteiger partial charge in [0.15, 0.2) is 9.84 Å². The summed E-state index contributed by atoms with van der Waals surface area (Å²) in [5.41, 5.74) is 0.350. The highest BCUT2D eigenvalue weighted by Gasteiger charge is 2.34. The summed E-state index contributed by atoms with van der Waals surface area (Å²) in [6, 6.07) is 5.28. The molecule has 150 valence electrons. The van der Waals surface area contributed by atoms with Gasteiger partial charge in [0.1, 0.15) is 5.82 Å². The van der Waals surface area contributed by atoms with Crippen molar-refractivity contribution in [2.45, 2.75) is 25.8 Å². The van der Waals surface area contributed by atoms with Gasteiger partial charge in [0, 0.05) is 18.3 Å². The van der Waals surface area contributed by atoms with E-state index in [4.69, 9.17) is 0 Å². The number of carbonyl (C=O) groups excluding carboxylic acids is 2. The number of amides is 2. The zero-order valence-corrected chi connectivity index (χ0v) is 16.5. The van der Waals surface area contributed by atoms with Crippen LogP contribution >= 0.6 is 0 Å². The van der Waals surface area contributed by atoms with E-state index in [1.54, 1.807) is 22.9 Å². The number of anilines is 1. The van der Waals surface area contributed by atoms with Crippen LogP contribution in [0.5, 0.6) is 0 Å². The number of rotatable bonds is 8. The second kappa shape index (κ2) is 9.27. The van der Waals surface area contributed by atoms with Gasteiger partial charge in [0.05, 0.1) is 24.6 Å². The molecule has 1 fully saturated rings. The predicted molar refractivity (Wildman–Crippen MR) is 102 cm³/mol. The summed E-state index contributed by atoms with van der Waals surface area (Å²) in [5, 5.41) is 2.58. The highest BCUT2D eigenvalue weighted by molar-refractivity contribution is 7.91. The van der Waals surface area contributed by atoms with Gasteiger partial charge in [-0.3, -0.25) is 14.5 Å². The van der Waals surface area contributed by atoms with Crippen LogP contribution in [0.2, 0.25) is 0 Å². The molecule has 1 heterocycles. The number of hydrogen-bond acceptors (Lipinski definition) is 5. The van der Waals surface area contributed by atoms with E-state index in [0.29, 0.717) is 18.7 Å². The summed E-state index contributed by atoms with van der Waals surface area (Å²) < 4.78 is 36.6. The molecule has 1 atom stereocenters. The van der Waals surface area contributed by atoms with Crippen molar-refractivity contribution >= 4 is 27.3 Å². The summed E-state index contributed by atoms with van der Waals surface area (Å²) in [7, 11) is -1.44. The Labute approximate surface area is 159 Å². The Morgan fingerprint density at radius 1 is 1.30 bits per heavy atom. The molecule has 1 aromatic rings. The van der Waals surface area contributed by atoms with Crippen molar-refractivity contribution in [3.8, 4) is 0 Å². The van der Waals surface area contributed by atoms with Crippen molar-refractivity contribution < 1.29 is 22.4 Å². The third-order valence-corrected chi connectivity index (χ3v) is 6.11. The zero-order chi connectivity index (χ0) is 20.0. The molecule has 2 amide bonds. The number of halogens is 1. The summed E-state index contributed by atoms with van der Waals surface area (Å²) >= 11 is 0. The van der Waals surface area contributed by atoms with Crippen molar-refractivity contribution in [2.75, 3.05) is 43.5 Å². The van der Waals surface area contributed by atoms with Crippen LogP contribution in [0.25, 0.3) is 0 Å². The summed E-state index contributed by atoms with van der Waals surface area (Å²) in [4.78, 5) is 27.9. The first-order valence-corrected chi connectivity index (χ1v) is 10.8. The first-order valence-electron chi connectivity index (χ1n) is 8.94. The number of hydrogen-bond donors (Lipinski definition) is 1. The standard InChI is InChI=1S/C18H26FN3O4S/c1-3-8-22(16-7-9-27(25,26)13-16)18(24)12-21(2)11-17(23)20-15-6-4-5-14(19)10-15/h4-6,10,16H,3,7-9,11-13H2,1-2H3,(H,20,23)/t16-/m0/s1. The molecule has 0 saturated carbocycles. The molecule has 0 unspecified atom stereocenters. The van der Waals surface area contributed by atoms with Gasteiger partial charge >= 0.3 is 0 Å². The first-order chi connectivity index (χ1) is 12.7. The van der Waals surface area contributed by atoms with E-state index >= 15 is 0 Å². The minimum Gasteiger partial charge on any atom is -0.338 e. The van der Waals surface area contributed by atoms with Gasteiger partial charge in [-0.1, -0.05) is 13.0 Å². The van der Waals surface area contributed by atoms with E-state index in [1.807, 2.05) is 6.92 Å². The molecular formula is C18H26FN3O4S. The molecule has 1 aliphatic rings. The molecule has 0 aromatic heterocycles. The highest BCUT2D eigenvalue weighted by atomic mass is 32.2. The molecule has 1 N–H and O–H groups in total. The summed E-state index contributed by atoms with van der Waals surface area (Å²) in [6.07, 6.45) is 1.18. The maximum absolute atomic E-state index is 13.2. The first kappa shape index (κ1) is 21.3. The average molecular weight is 399 g/mol. The van der Waals surface area contributed by atoms with Crippen molar-refractivity contribution in [3.63, 3.8) is 0 Å². The van der Waals surface area contributed by atoms with Gasteiger partial charge < -0.3 is 10.2 Å². The van der Waals surface area contributed by atoms with Crippen molar-refractivity contribution in [1.82, 2.24) is 9.80 Å². The lowest BCUT2D eigenvalue weighted by Crippen LogP contribution is -2.47. The number of sulfone groups is 1. The van der Waals surface area contributed by atoms with Gasteiger partial charge in [-0.15, -0.1) is 0 Å². The third kappa shape index (κ3) is 6.59. The van der Waals surface area contributed by atoms with Crippen LogP contribution in [0, 0.1) is 5.82 Å². The fourth-order valence-electron chi connectivity index (χ4n) is 3.16. The monoisotopic (exact) mass is 399 g/mol. The van der Waals surface area contributed by atoms with Crippen LogP contribution in [0.1, 0.15) is 19.8 Å². The third-order valence-electron chi connectivity index (χ3n) is 4.36. The molecule has 0 radical (unpaired) electrons. The Morgan fingerprint density at radius 3 is 2.63 bits per heavy atom. The number of nitrogens with zero attached hydrogens (tertiary/aromatic N) is 2. The van der Waals surface area contributed by atoms with Crippen LogP contribution in [0.4, 0.5) is 10.1 Å². The smallest absolute Gasteiger partial charge is 0.238 e. The number of benzene rings is 1. The van der Waals surface area contributed by atoms with E-state index in [0.717, 1.165) is 6.42 Å². The largest absolute Gasteiger partial charge is 0.338 e. The fraction of sp³-hybridized carbons (Fsp3) is 0.556. The van der Waals surface area contributed by atoms with Gasteiger partial charge in [0.25, 0.3) is 0 Å². The second-order valence-electron chi connectivity index (χ2n) is 6.87. The Bertz CT molecular complexity index is 785. The second-order valence-corrected chi connectivity index (χ2v) is 9.10. The summed E-state index contributed by atoms with van der Waals surface area (Å²) in [5.74, 6) is -0.890. The van der Waals surface area contributed by atoms with E-state index in [1.165, 1.54) is 18.2 Å². The van der Waals surface area contributed by atoms with Gasteiger partial charge in [-0.25, -0.2) is 12.8 Å². The lowest BCUT2D eigenvalue weighted by atomic mass is 10.2.